The molecule has 2 atom stereocenters. The standard InChI is InChI=1S/C16H23NO5S/c1-11-7-12(2)10-17(9-11)23(19,20)15-8-13(16(18)22-4)5-6-14(15)21-3/h5-6,8,11-12H,7,9-10H2,1-4H3/t11-,12-/m0/s1. The van der Waals surface area contributed by atoms with Gasteiger partial charge in [0.15, 0.2) is 0 Å². The Bertz CT molecular complexity index is 676. The number of rotatable bonds is 4. The SMILES string of the molecule is COC(=O)c1ccc(OC)c(S(=O)(=O)N2C[C@@H](C)C[C@H](C)C2)c1. The van der Waals surface area contributed by atoms with Gasteiger partial charge < -0.3 is 9.47 Å². The number of ether oxygens (including phenoxy) is 2. The van der Waals surface area contributed by atoms with Gasteiger partial charge in [-0.1, -0.05) is 13.8 Å². The summed E-state index contributed by atoms with van der Waals surface area (Å²) in [5, 5.41) is 0. The molecule has 0 radical (unpaired) electrons. The third-order valence-corrected chi connectivity index (χ3v) is 5.89. The molecule has 0 bridgehead atoms. The Morgan fingerprint density at radius 2 is 1.78 bits per heavy atom. The van der Waals surface area contributed by atoms with Crippen molar-refractivity contribution in [2.75, 3.05) is 27.3 Å². The molecule has 1 aromatic rings. The second-order valence-electron chi connectivity index (χ2n) is 6.13. The Hall–Kier alpha value is -1.60. The molecule has 128 valence electrons. The van der Waals surface area contributed by atoms with Crippen LogP contribution < -0.4 is 4.74 Å². The van der Waals surface area contributed by atoms with Crippen molar-refractivity contribution in [3.63, 3.8) is 0 Å². The predicted molar refractivity (Wildman–Crippen MR) is 86.0 cm³/mol. The van der Waals surface area contributed by atoms with E-state index in [4.69, 9.17) is 4.74 Å². The first-order chi connectivity index (χ1) is 10.8. The fraction of sp³-hybridized carbons (Fsp3) is 0.562. The molecule has 1 aromatic carbocycles. The zero-order valence-electron chi connectivity index (χ0n) is 13.9. The van der Waals surface area contributed by atoms with Crippen LogP contribution in [0, 0.1) is 11.8 Å². The predicted octanol–water partition coefficient (Wildman–Crippen LogP) is 2.15. The van der Waals surface area contributed by atoms with Crippen molar-refractivity contribution < 1.29 is 22.7 Å². The maximum absolute atomic E-state index is 13.0. The summed E-state index contributed by atoms with van der Waals surface area (Å²) < 4.78 is 37.4. The van der Waals surface area contributed by atoms with E-state index >= 15 is 0 Å². The smallest absolute Gasteiger partial charge is 0.337 e. The lowest BCUT2D eigenvalue weighted by Crippen LogP contribution is -2.42. The fourth-order valence-corrected chi connectivity index (χ4v) is 4.93. The minimum Gasteiger partial charge on any atom is -0.495 e. The van der Waals surface area contributed by atoms with Crippen molar-refractivity contribution in [3.05, 3.63) is 23.8 Å². The molecular formula is C16H23NO5S. The van der Waals surface area contributed by atoms with Gasteiger partial charge in [-0.2, -0.15) is 4.31 Å². The maximum Gasteiger partial charge on any atom is 0.337 e. The van der Waals surface area contributed by atoms with Crippen molar-refractivity contribution in [2.24, 2.45) is 11.8 Å². The molecule has 0 unspecified atom stereocenters. The van der Waals surface area contributed by atoms with Crippen LogP contribution in [0.5, 0.6) is 5.75 Å². The number of sulfonamides is 1. The number of piperidine rings is 1. The van der Waals surface area contributed by atoms with Gasteiger partial charge in [-0.25, -0.2) is 13.2 Å². The summed E-state index contributed by atoms with van der Waals surface area (Å²) in [7, 11) is -1.07. The van der Waals surface area contributed by atoms with Gasteiger partial charge >= 0.3 is 5.97 Å². The number of nitrogens with zero attached hydrogens (tertiary/aromatic N) is 1. The molecular weight excluding hydrogens is 318 g/mol. The van der Waals surface area contributed by atoms with Gasteiger partial charge in [0, 0.05) is 13.1 Å². The highest BCUT2D eigenvalue weighted by Gasteiger charge is 2.34. The molecule has 1 aliphatic heterocycles. The number of carbonyl (C=O) groups excluding carboxylic acids is 1. The number of hydrogen-bond donors (Lipinski definition) is 0. The Morgan fingerprint density at radius 1 is 1.17 bits per heavy atom. The number of methoxy groups -OCH3 is 2. The number of hydrogen-bond acceptors (Lipinski definition) is 5. The number of esters is 1. The molecule has 1 fully saturated rings. The van der Waals surface area contributed by atoms with Gasteiger partial charge in [-0.3, -0.25) is 0 Å². The Labute approximate surface area is 137 Å². The zero-order chi connectivity index (χ0) is 17.2. The molecule has 6 nitrogen and oxygen atoms in total. The average molecular weight is 341 g/mol. The van der Waals surface area contributed by atoms with Crippen molar-refractivity contribution in [2.45, 2.75) is 25.2 Å². The highest BCUT2D eigenvalue weighted by Crippen LogP contribution is 2.32. The van der Waals surface area contributed by atoms with Gasteiger partial charge in [0.1, 0.15) is 10.6 Å². The Balaban J connectivity index is 2.47. The molecule has 7 heteroatoms. The van der Waals surface area contributed by atoms with Crippen LogP contribution in [-0.4, -0.2) is 46.0 Å². The minimum absolute atomic E-state index is 0.00389. The van der Waals surface area contributed by atoms with Crippen LogP contribution in [0.3, 0.4) is 0 Å². The second-order valence-corrected chi connectivity index (χ2v) is 8.03. The van der Waals surface area contributed by atoms with Crippen molar-refractivity contribution in [1.82, 2.24) is 4.31 Å². The van der Waals surface area contributed by atoms with Crippen LogP contribution in [0.4, 0.5) is 0 Å². The molecule has 0 spiro atoms. The molecule has 1 heterocycles. The summed E-state index contributed by atoms with van der Waals surface area (Å²) in [6, 6.07) is 4.30. The lowest BCUT2D eigenvalue weighted by atomic mass is 9.94. The first-order valence-electron chi connectivity index (χ1n) is 7.56. The molecule has 0 saturated carbocycles. The van der Waals surface area contributed by atoms with Gasteiger partial charge in [0.2, 0.25) is 10.0 Å². The maximum atomic E-state index is 13.0. The Kier molecular flexibility index (Phi) is 5.31. The lowest BCUT2D eigenvalue weighted by molar-refractivity contribution is 0.0600. The highest BCUT2D eigenvalue weighted by atomic mass is 32.2. The van der Waals surface area contributed by atoms with E-state index in [0.717, 1.165) is 6.42 Å². The monoisotopic (exact) mass is 341 g/mol. The molecule has 23 heavy (non-hydrogen) atoms. The summed E-state index contributed by atoms with van der Waals surface area (Å²) in [4.78, 5) is 11.7. The van der Waals surface area contributed by atoms with Crippen LogP contribution in [-0.2, 0) is 14.8 Å². The second kappa shape index (κ2) is 6.88. The van der Waals surface area contributed by atoms with Gasteiger partial charge in [-0.15, -0.1) is 0 Å². The van der Waals surface area contributed by atoms with E-state index in [-0.39, 0.29) is 16.2 Å². The van der Waals surface area contributed by atoms with Crippen molar-refractivity contribution >= 4 is 16.0 Å². The average Bonchev–Trinajstić information content (AvgIpc) is 2.52. The molecule has 2 rings (SSSR count). The fourth-order valence-electron chi connectivity index (χ4n) is 3.06. The summed E-state index contributed by atoms with van der Waals surface area (Å²) in [5.41, 5.74) is 0.185. The molecule has 0 amide bonds. The molecule has 0 aliphatic carbocycles. The van der Waals surface area contributed by atoms with Gasteiger partial charge in [0.05, 0.1) is 19.8 Å². The third kappa shape index (κ3) is 3.67. The van der Waals surface area contributed by atoms with Crippen LogP contribution in [0.1, 0.15) is 30.6 Å². The molecule has 0 N–H and O–H groups in total. The van der Waals surface area contributed by atoms with E-state index in [1.54, 1.807) is 0 Å². The van der Waals surface area contributed by atoms with E-state index in [2.05, 4.69) is 4.74 Å². The first kappa shape index (κ1) is 17.7. The summed E-state index contributed by atoms with van der Waals surface area (Å²) in [5.74, 6) is 0.236. The zero-order valence-corrected chi connectivity index (χ0v) is 14.7. The van der Waals surface area contributed by atoms with E-state index in [9.17, 15) is 13.2 Å². The first-order valence-corrected chi connectivity index (χ1v) is 9.00. The Morgan fingerprint density at radius 3 is 2.30 bits per heavy atom. The van der Waals surface area contributed by atoms with Gasteiger partial charge in [0.25, 0.3) is 0 Å². The minimum atomic E-state index is -3.73. The van der Waals surface area contributed by atoms with Crippen molar-refractivity contribution in [3.8, 4) is 5.75 Å². The van der Waals surface area contributed by atoms with E-state index in [0.29, 0.717) is 24.9 Å². The lowest BCUT2D eigenvalue weighted by Gasteiger charge is -2.34. The summed E-state index contributed by atoms with van der Waals surface area (Å²) in [6.07, 6.45) is 1.01. The normalized spacial score (nSPS) is 22.6. The summed E-state index contributed by atoms with van der Waals surface area (Å²) in [6.45, 7) is 5.02. The number of carbonyl (C=O) groups is 1. The van der Waals surface area contributed by atoms with E-state index in [1.165, 1.54) is 36.7 Å². The quantitative estimate of drug-likeness (QED) is 0.785. The molecule has 0 aromatic heterocycles. The van der Waals surface area contributed by atoms with Crippen LogP contribution in [0.2, 0.25) is 0 Å². The third-order valence-electron chi connectivity index (χ3n) is 4.04. The topological polar surface area (TPSA) is 72.9 Å². The van der Waals surface area contributed by atoms with E-state index in [1.807, 2.05) is 13.8 Å². The van der Waals surface area contributed by atoms with Crippen LogP contribution in [0.15, 0.2) is 23.1 Å². The van der Waals surface area contributed by atoms with Crippen LogP contribution >= 0.6 is 0 Å². The number of benzene rings is 1. The van der Waals surface area contributed by atoms with Crippen LogP contribution in [0.25, 0.3) is 0 Å². The highest BCUT2D eigenvalue weighted by molar-refractivity contribution is 7.89. The molecule has 1 aliphatic rings. The van der Waals surface area contributed by atoms with E-state index < -0.39 is 16.0 Å². The van der Waals surface area contributed by atoms with Crippen molar-refractivity contribution in [1.29, 1.82) is 0 Å². The largest absolute Gasteiger partial charge is 0.495 e. The van der Waals surface area contributed by atoms with Gasteiger partial charge in [-0.05, 0) is 36.5 Å². The summed E-state index contributed by atoms with van der Waals surface area (Å²) >= 11 is 0. The molecule has 1 saturated heterocycles.